The van der Waals surface area contributed by atoms with E-state index in [1.807, 2.05) is 93.3 Å². The number of benzene rings is 2. The number of Topliss-reactive ketones (excluding diaryl/α,β-unsaturated/α-hetero) is 1. The lowest BCUT2D eigenvalue weighted by Crippen LogP contribution is -2.59. The van der Waals surface area contributed by atoms with E-state index in [4.69, 9.17) is 4.74 Å². The van der Waals surface area contributed by atoms with Crippen molar-refractivity contribution >= 4 is 29.4 Å². The zero-order valence-corrected chi connectivity index (χ0v) is 31.7. The summed E-state index contributed by atoms with van der Waals surface area (Å²) >= 11 is 0. The zero-order chi connectivity index (χ0) is 38.3. The maximum Gasteiger partial charge on any atom is 0.243 e. The van der Waals surface area contributed by atoms with Crippen LogP contribution in [0.1, 0.15) is 71.9 Å². The van der Waals surface area contributed by atoms with Crippen molar-refractivity contribution in [2.45, 2.75) is 103 Å². The number of carbonyl (C=O) groups excluding carboxylic acids is 5. The predicted molar refractivity (Wildman–Crippen MR) is 200 cm³/mol. The smallest absolute Gasteiger partial charge is 0.243 e. The lowest BCUT2D eigenvalue weighted by Gasteiger charge is -2.29. The minimum absolute atomic E-state index is 0.00374. The van der Waals surface area contributed by atoms with E-state index in [-0.39, 0.29) is 37.1 Å². The Hall–Kier alpha value is -4.13. The highest BCUT2D eigenvalue weighted by Crippen LogP contribution is 2.15. The first kappa shape index (κ1) is 42.3. The average Bonchev–Trinajstić information content (AvgIpc) is 3.09. The molecule has 5 N–H and O–H groups in total. The van der Waals surface area contributed by atoms with E-state index in [2.05, 4.69) is 21.3 Å². The van der Waals surface area contributed by atoms with E-state index in [1.54, 1.807) is 0 Å². The lowest BCUT2D eigenvalue weighted by molar-refractivity contribution is -0.140. The second-order valence-corrected chi connectivity index (χ2v) is 15.1. The van der Waals surface area contributed by atoms with Crippen LogP contribution in [0.3, 0.4) is 0 Å². The predicted octanol–water partition coefficient (Wildman–Crippen LogP) is 2.57. The molecule has 12 nitrogen and oxygen atoms in total. The van der Waals surface area contributed by atoms with Crippen LogP contribution in [0.5, 0.6) is 0 Å². The van der Waals surface area contributed by atoms with E-state index in [0.717, 1.165) is 11.1 Å². The molecule has 0 radical (unpaired) electrons. The van der Waals surface area contributed by atoms with Crippen LogP contribution in [-0.4, -0.2) is 102 Å². The highest BCUT2D eigenvalue weighted by molar-refractivity contribution is 5.97. The highest BCUT2D eigenvalue weighted by atomic mass is 16.5. The van der Waals surface area contributed by atoms with Crippen molar-refractivity contribution in [1.82, 2.24) is 26.2 Å². The first-order valence-electron chi connectivity index (χ1n) is 18.5. The Bertz CT molecular complexity index is 1440. The van der Waals surface area contributed by atoms with Crippen LogP contribution in [0.4, 0.5) is 0 Å². The van der Waals surface area contributed by atoms with Crippen LogP contribution < -0.4 is 21.3 Å². The fourth-order valence-electron chi connectivity index (χ4n) is 6.14. The number of carbonyl (C=O) groups is 5. The van der Waals surface area contributed by atoms with E-state index in [0.29, 0.717) is 45.6 Å². The second kappa shape index (κ2) is 20.8. The number of ether oxygens (including phenoxy) is 1. The minimum atomic E-state index is -1.67. The van der Waals surface area contributed by atoms with Crippen molar-refractivity contribution in [1.29, 1.82) is 0 Å². The quantitative estimate of drug-likeness (QED) is 0.139. The molecule has 12 heteroatoms. The first-order valence-corrected chi connectivity index (χ1v) is 18.5. The third-order valence-corrected chi connectivity index (χ3v) is 8.89. The van der Waals surface area contributed by atoms with E-state index in [1.165, 1.54) is 13.8 Å². The van der Waals surface area contributed by atoms with Gasteiger partial charge in [0.25, 0.3) is 0 Å². The van der Waals surface area contributed by atoms with Gasteiger partial charge in [-0.3, -0.25) is 28.9 Å². The number of hydrogen-bond donors (Lipinski definition) is 5. The van der Waals surface area contributed by atoms with Crippen molar-refractivity contribution < 1.29 is 33.8 Å². The molecule has 0 bridgehead atoms. The molecule has 1 heterocycles. The second-order valence-electron chi connectivity index (χ2n) is 15.1. The molecule has 4 atom stereocenters. The van der Waals surface area contributed by atoms with Crippen LogP contribution in [0, 0.1) is 11.8 Å². The Labute approximate surface area is 308 Å². The maximum absolute atomic E-state index is 14.0. The number of morpholine rings is 1. The Morgan fingerprint density at radius 1 is 0.692 bits per heavy atom. The van der Waals surface area contributed by atoms with Crippen LogP contribution >= 0.6 is 0 Å². The molecule has 286 valence electrons. The molecule has 52 heavy (non-hydrogen) atoms. The van der Waals surface area contributed by atoms with Gasteiger partial charge in [-0.05, 0) is 62.5 Å². The SMILES string of the molecule is CC(C)C[C@H](NC(=O)[C@H](CCc1ccccc1)NC(=O)CN1CCOCC1)C(=O)N[C@@H](Cc1ccccc1)C(=O)N[C@@H](CC(C)C)C(=O)C(C)(C)O. The van der Waals surface area contributed by atoms with Crippen molar-refractivity contribution in [3.63, 3.8) is 0 Å². The van der Waals surface area contributed by atoms with Crippen molar-refractivity contribution in [3.8, 4) is 0 Å². The van der Waals surface area contributed by atoms with E-state index in [9.17, 15) is 29.1 Å². The summed E-state index contributed by atoms with van der Waals surface area (Å²) in [5, 5.41) is 21.9. The fraction of sp³-hybridized carbons (Fsp3) is 0.575. The minimum Gasteiger partial charge on any atom is -0.383 e. The standard InChI is InChI=1S/C40H59N5O7/c1-27(2)23-32(36(47)40(5,6)51)42-39(50)34(25-30-15-11-8-12-16-30)44-38(49)33(24-28(3)4)43-37(48)31(18-17-29-13-9-7-10-14-29)41-35(46)26-45-19-21-52-22-20-45/h7-16,27-28,31-34,51H,17-26H2,1-6H3,(H,41,46)(H,42,50)(H,43,48)(H,44,49)/t31-,32-,33-,34-/m0/s1. The maximum atomic E-state index is 14.0. The number of nitrogens with zero attached hydrogens (tertiary/aromatic N) is 1. The Morgan fingerprint density at radius 2 is 1.17 bits per heavy atom. The van der Waals surface area contributed by atoms with E-state index >= 15 is 0 Å². The summed E-state index contributed by atoms with van der Waals surface area (Å²) in [4.78, 5) is 70.1. The number of rotatable bonds is 20. The molecule has 1 fully saturated rings. The van der Waals surface area contributed by atoms with Gasteiger partial charge in [0.05, 0.1) is 25.8 Å². The average molecular weight is 722 g/mol. The molecule has 2 aromatic rings. The lowest BCUT2D eigenvalue weighted by atomic mass is 9.91. The molecular weight excluding hydrogens is 662 g/mol. The van der Waals surface area contributed by atoms with Gasteiger partial charge in [-0.25, -0.2) is 0 Å². The van der Waals surface area contributed by atoms with Crippen LogP contribution in [0.15, 0.2) is 60.7 Å². The number of nitrogens with one attached hydrogen (secondary N) is 4. The zero-order valence-electron chi connectivity index (χ0n) is 31.7. The molecule has 1 saturated heterocycles. The Morgan fingerprint density at radius 3 is 1.73 bits per heavy atom. The number of amides is 4. The Kier molecular flexibility index (Phi) is 16.9. The largest absolute Gasteiger partial charge is 0.383 e. The number of aliphatic hydroxyl groups is 1. The van der Waals surface area contributed by atoms with Gasteiger partial charge < -0.3 is 31.1 Å². The summed E-state index contributed by atoms with van der Waals surface area (Å²) in [6, 6.07) is 14.8. The third-order valence-electron chi connectivity index (χ3n) is 8.89. The molecule has 4 amide bonds. The molecule has 0 aromatic heterocycles. The summed E-state index contributed by atoms with van der Waals surface area (Å²) in [5.41, 5.74) is 0.116. The van der Waals surface area contributed by atoms with E-state index < -0.39 is 53.3 Å². The molecule has 0 spiro atoms. The Balaban J connectivity index is 1.83. The first-order chi connectivity index (χ1) is 24.6. The van der Waals surface area contributed by atoms with Crippen molar-refractivity contribution in [2.75, 3.05) is 32.8 Å². The number of aryl methyl sites for hydroxylation is 1. The molecule has 0 unspecified atom stereocenters. The molecule has 3 rings (SSSR count). The van der Waals surface area contributed by atoms with Crippen LogP contribution in [0.2, 0.25) is 0 Å². The van der Waals surface area contributed by atoms with Gasteiger partial charge in [0, 0.05) is 19.5 Å². The molecule has 0 aliphatic carbocycles. The number of ketones is 1. The highest BCUT2D eigenvalue weighted by Gasteiger charge is 2.36. The van der Waals surface area contributed by atoms with Crippen molar-refractivity contribution in [2.24, 2.45) is 11.8 Å². The van der Waals surface area contributed by atoms with Gasteiger partial charge in [-0.1, -0.05) is 88.4 Å². The fourth-order valence-corrected chi connectivity index (χ4v) is 6.14. The van der Waals surface area contributed by atoms with Gasteiger partial charge in [0.15, 0.2) is 5.78 Å². The topological polar surface area (TPSA) is 166 Å². The normalized spacial score (nSPS) is 16.0. The number of hydrogen-bond acceptors (Lipinski definition) is 8. The van der Waals surface area contributed by atoms with Gasteiger partial charge in [0.1, 0.15) is 23.7 Å². The molecule has 1 aliphatic rings. The van der Waals surface area contributed by atoms with Gasteiger partial charge in [0.2, 0.25) is 23.6 Å². The van der Waals surface area contributed by atoms with Gasteiger partial charge in [-0.2, -0.15) is 0 Å². The molecule has 0 saturated carbocycles. The molecular formula is C40H59N5O7. The monoisotopic (exact) mass is 721 g/mol. The summed E-state index contributed by atoms with van der Waals surface area (Å²) in [6.07, 6.45) is 1.54. The molecule has 1 aliphatic heterocycles. The molecule has 2 aromatic carbocycles. The van der Waals surface area contributed by atoms with Crippen LogP contribution in [0.25, 0.3) is 0 Å². The summed E-state index contributed by atoms with van der Waals surface area (Å²) < 4.78 is 5.39. The summed E-state index contributed by atoms with van der Waals surface area (Å²) in [7, 11) is 0. The summed E-state index contributed by atoms with van der Waals surface area (Å²) in [5.74, 6) is -2.42. The van der Waals surface area contributed by atoms with Crippen LogP contribution in [-0.2, 0) is 41.6 Å². The van der Waals surface area contributed by atoms with Gasteiger partial charge in [-0.15, -0.1) is 0 Å². The summed E-state index contributed by atoms with van der Waals surface area (Å²) in [6.45, 7) is 12.9. The van der Waals surface area contributed by atoms with Crippen molar-refractivity contribution in [3.05, 3.63) is 71.8 Å². The van der Waals surface area contributed by atoms with Gasteiger partial charge >= 0.3 is 0 Å². The third kappa shape index (κ3) is 14.8.